The first-order valence-electron chi connectivity index (χ1n) is 5.93. The van der Waals surface area contributed by atoms with Crippen LogP contribution in [0.2, 0.25) is 0 Å². The number of hydrogen-bond donors (Lipinski definition) is 0. The molecule has 94 valence electrons. The van der Waals surface area contributed by atoms with Crippen LogP contribution in [0, 0.1) is 0 Å². The number of carbonyl (C=O) groups excluding carboxylic acids is 1. The van der Waals surface area contributed by atoms with Gasteiger partial charge >= 0.3 is 0 Å². The molecular weight excluding hydrogens is 230 g/mol. The third-order valence-corrected chi connectivity index (χ3v) is 3.76. The molecule has 0 N–H and O–H groups in total. The van der Waals surface area contributed by atoms with Crippen molar-refractivity contribution in [2.75, 3.05) is 24.0 Å². The van der Waals surface area contributed by atoms with Crippen molar-refractivity contribution in [2.24, 2.45) is 0 Å². The molecule has 2 nitrogen and oxygen atoms in total. The molecule has 0 spiro atoms. The number of Topliss-reactive ketones (excluding diaryl/α,β-unsaturated/α-hetero) is 1. The number of hydrogen-bond acceptors (Lipinski definition) is 3. The largest absolute Gasteiger partial charge is 0.370 e. The van der Waals surface area contributed by atoms with Crippen molar-refractivity contribution in [3.63, 3.8) is 0 Å². The van der Waals surface area contributed by atoms with Gasteiger partial charge in [-0.25, -0.2) is 0 Å². The lowest BCUT2D eigenvalue weighted by atomic mass is 10.1. The smallest absolute Gasteiger partial charge is 0.161 e. The van der Waals surface area contributed by atoms with Crippen LogP contribution in [0.25, 0.3) is 0 Å². The average molecular weight is 251 g/mol. The fourth-order valence-electron chi connectivity index (χ4n) is 1.97. The number of nitrogens with zero attached hydrogens (tertiary/aromatic N) is 1. The maximum Gasteiger partial charge on any atom is 0.161 e. The molecule has 1 unspecified atom stereocenters. The predicted octanol–water partition coefficient (Wildman–Crippen LogP) is 3.47. The van der Waals surface area contributed by atoms with Gasteiger partial charge in [-0.05, 0) is 31.7 Å². The first-order chi connectivity index (χ1) is 8.11. The fourth-order valence-corrected chi connectivity index (χ4v) is 2.82. The number of benzene rings is 1. The van der Waals surface area contributed by atoms with Gasteiger partial charge in [0.15, 0.2) is 5.78 Å². The van der Waals surface area contributed by atoms with Gasteiger partial charge in [0.05, 0.1) is 0 Å². The van der Waals surface area contributed by atoms with Gasteiger partial charge in [0.2, 0.25) is 0 Å². The zero-order chi connectivity index (χ0) is 12.8. The van der Waals surface area contributed by atoms with E-state index in [0.29, 0.717) is 6.04 Å². The predicted molar refractivity (Wildman–Crippen MR) is 77.3 cm³/mol. The summed E-state index contributed by atoms with van der Waals surface area (Å²) in [5.74, 6) is 1.21. The van der Waals surface area contributed by atoms with Crippen molar-refractivity contribution in [1.29, 1.82) is 0 Å². The number of thioether (sulfide) groups is 1. The highest BCUT2D eigenvalue weighted by atomic mass is 32.2. The summed E-state index contributed by atoms with van der Waals surface area (Å²) in [5.41, 5.74) is 1.86. The summed E-state index contributed by atoms with van der Waals surface area (Å²) < 4.78 is 0. The van der Waals surface area contributed by atoms with Gasteiger partial charge in [0.25, 0.3) is 0 Å². The minimum Gasteiger partial charge on any atom is -0.370 e. The highest BCUT2D eigenvalue weighted by Crippen LogP contribution is 2.23. The molecule has 0 saturated heterocycles. The monoisotopic (exact) mass is 251 g/mol. The van der Waals surface area contributed by atoms with Crippen LogP contribution in [0.5, 0.6) is 0 Å². The topological polar surface area (TPSA) is 20.3 Å². The molecule has 1 aromatic carbocycles. The molecule has 0 saturated carbocycles. The Morgan fingerprint density at radius 2 is 2.06 bits per heavy atom. The van der Waals surface area contributed by atoms with Crippen molar-refractivity contribution in [2.45, 2.75) is 26.3 Å². The molecule has 0 aliphatic rings. The molecule has 0 fully saturated rings. The van der Waals surface area contributed by atoms with E-state index in [1.807, 2.05) is 36.0 Å². The second-order valence-corrected chi connectivity index (χ2v) is 5.11. The summed E-state index contributed by atoms with van der Waals surface area (Å²) in [5, 5.41) is 0. The SMILES string of the molecule is CCC(CSC)N(C)c1ccccc1C(C)=O. The number of para-hydroxylation sites is 1. The fraction of sp³-hybridized carbons (Fsp3) is 0.500. The summed E-state index contributed by atoms with van der Waals surface area (Å²) in [6.45, 7) is 3.82. The quantitative estimate of drug-likeness (QED) is 0.722. The minimum atomic E-state index is 0.131. The molecule has 1 aromatic rings. The van der Waals surface area contributed by atoms with E-state index in [2.05, 4.69) is 25.1 Å². The van der Waals surface area contributed by atoms with Crippen LogP contribution >= 0.6 is 11.8 Å². The Morgan fingerprint density at radius 3 is 2.59 bits per heavy atom. The lowest BCUT2D eigenvalue weighted by Crippen LogP contribution is -2.34. The average Bonchev–Trinajstić information content (AvgIpc) is 2.35. The number of anilines is 1. The molecule has 17 heavy (non-hydrogen) atoms. The second-order valence-electron chi connectivity index (χ2n) is 4.20. The number of carbonyl (C=O) groups is 1. The van der Waals surface area contributed by atoms with Gasteiger partial charge in [0.1, 0.15) is 0 Å². The van der Waals surface area contributed by atoms with E-state index in [0.717, 1.165) is 23.4 Å². The molecule has 1 atom stereocenters. The molecule has 0 heterocycles. The Kier molecular flexibility index (Phi) is 5.56. The Hall–Kier alpha value is -0.960. The summed E-state index contributed by atoms with van der Waals surface area (Å²) in [4.78, 5) is 13.8. The third kappa shape index (κ3) is 3.50. The summed E-state index contributed by atoms with van der Waals surface area (Å²) in [6.07, 6.45) is 3.21. The van der Waals surface area contributed by atoms with E-state index in [1.54, 1.807) is 6.92 Å². The van der Waals surface area contributed by atoms with Crippen LogP contribution < -0.4 is 4.90 Å². The molecule has 0 radical (unpaired) electrons. The van der Waals surface area contributed by atoms with E-state index >= 15 is 0 Å². The maximum absolute atomic E-state index is 11.6. The maximum atomic E-state index is 11.6. The van der Waals surface area contributed by atoms with Gasteiger partial charge in [-0.1, -0.05) is 19.1 Å². The van der Waals surface area contributed by atoms with Crippen molar-refractivity contribution >= 4 is 23.2 Å². The van der Waals surface area contributed by atoms with E-state index in [9.17, 15) is 4.79 Å². The molecule has 0 bridgehead atoms. The lowest BCUT2D eigenvalue weighted by molar-refractivity contribution is 0.101. The van der Waals surface area contributed by atoms with Crippen LogP contribution in [0.15, 0.2) is 24.3 Å². The van der Waals surface area contributed by atoms with Crippen molar-refractivity contribution in [3.8, 4) is 0 Å². The number of ketones is 1. The Balaban J connectivity index is 3.01. The zero-order valence-corrected chi connectivity index (χ0v) is 11.9. The minimum absolute atomic E-state index is 0.131. The first-order valence-corrected chi connectivity index (χ1v) is 7.32. The number of rotatable bonds is 6. The summed E-state index contributed by atoms with van der Waals surface area (Å²) in [7, 11) is 2.08. The van der Waals surface area contributed by atoms with Gasteiger partial charge in [-0.15, -0.1) is 0 Å². The van der Waals surface area contributed by atoms with E-state index < -0.39 is 0 Å². The zero-order valence-electron chi connectivity index (χ0n) is 11.1. The van der Waals surface area contributed by atoms with Crippen molar-refractivity contribution in [3.05, 3.63) is 29.8 Å². The Labute approximate surface area is 108 Å². The normalized spacial score (nSPS) is 12.2. The van der Waals surface area contributed by atoms with Gasteiger partial charge < -0.3 is 4.90 Å². The summed E-state index contributed by atoms with van der Waals surface area (Å²) >= 11 is 1.84. The van der Waals surface area contributed by atoms with Crippen LogP contribution in [0.1, 0.15) is 30.6 Å². The lowest BCUT2D eigenvalue weighted by Gasteiger charge is -2.30. The third-order valence-electron chi connectivity index (χ3n) is 3.04. The molecular formula is C14H21NOS. The van der Waals surface area contributed by atoms with Crippen LogP contribution in [0.4, 0.5) is 5.69 Å². The molecule has 0 aliphatic carbocycles. The Bertz CT molecular complexity index is 378. The van der Waals surface area contributed by atoms with Crippen LogP contribution in [0.3, 0.4) is 0 Å². The summed E-state index contributed by atoms with van der Waals surface area (Å²) in [6, 6.07) is 8.32. The molecule has 3 heteroatoms. The van der Waals surface area contributed by atoms with Crippen molar-refractivity contribution < 1.29 is 4.79 Å². The molecule has 0 amide bonds. The van der Waals surface area contributed by atoms with Gasteiger partial charge in [-0.2, -0.15) is 11.8 Å². The molecule has 1 rings (SSSR count). The second kappa shape index (κ2) is 6.70. The van der Waals surface area contributed by atoms with Gasteiger partial charge in [0, 0.05) is 30.1 Å². The van der Waals surface area contributed by atoms with Crippen LogP contribution in [-0.2, 0) is 0 Å². The Morgan fingerprint density at radius 1 is 1.41 bits per heavy atom. The van der Waals surface area contributed by atoms with E-state index in [1.165, 1.54) is 0 Å². The first kappa shape index (κ1) is 14.1. The molecule has 0 aromatic heterocycles. The highest BCUT2D eigenvalue weighted by Gasteiger charge is 2.16. The van der Waals surface area contributed by atoms with Gasteiger partial charge in [-0.3, -0.25) is 4.79 Å². The highest BCUT2D eigenvalue weighted by molar-refractivity contribution is 7.98. The van der Waals surface area contributed by atoms with Crippen LogP contribution in [-0.4, -0.2) is 30.9 Å². The van der Waals surface area contributed by atoms with E-state index in [4.69, 9.17) is 0 Å². The molecule has 0 aliphatic heterocycles. The van der Waals surface area contributed by atoms with E-state index in [-0.39, 0.29) is 5.78 Å². The standard InChI is InChI=1S/C14H21NOS/c1-5-12(10-17-4)15(3)14-9-7-6-8-13(14)11(2)16/h6-9,12H,5,10H2,1-4H3. The van der Waals surface area contributed by atoms with Crippen molar-refractivity contribution in [1.82, 2.24) is 0 Å².